The summed E-state index contributed by atoms with van der Waals surface area (Å²) in [5, 5.41) is 2.96. The number of hydrogen-bond acceptors (Lipinski definition) is 4. The molecule has 1 atom stereocenters. The van der Waals surface area contributed by atoms with E-state index in [0.717, 1.165) is 30.0 Å². The van der Waals surface area contributed by atoms with Crippen molar-refractivity contribution in [3.05, 3.63) is 29.8 Å². The van der Waals surface area contributed by atoms with E-state index in [1.807, 2.05) is 0 Å². The molecule has 1 aliphatic heterocycles. The Labute approximate surface area is 135 Å². The van der Waals surface area contributed by atoms with Crippen LogP contribution in [-0.2, 0) is 14.8 Å². The summed E-state index contributed by atoms with van der Waals surface area (Å²) in [4.78, 5) is 24.4. The number of amides is 2. The predicted octanol–water partition coefficient (Wildman–Crippen LogP) is 1.67. The molecule has 1 saturated heterocycles. The highest BCUT2D eigenvalue weighted by Gasteiger charge is 2.42. The summed E-state index contributed by atoms with van der Waals surface area (Å²) in [5.74, 6) is -1.42. The first-order valence-electron chi connectivity index (χ1n) is 7.86. The van der Waals surface area contributed by atoms with Gasteiger partial charge in [-0.3, -0.25) is 9.59 Å². The molecule has 1 aromatic rings. The van der Waals surface area contributed by atoms with Crippen molar-refractivity contribution in [2.45, 2.75) is 38.6 Å². The van der Waals surface area contributed by atoms with Crippen LogP contribution in [0.4, 0.5) is 5.69 Å². The van der Waals surface area contributed by atoms with E-state index in [1.54, 1.807) is 25.1 Å². The molecule has 23 heavy (non-hydrogen) atoms. The number of carbonyl (C=O) groups is 2. The molecule has 124 valence electrons. The van der Waals surface area contributed by atoms with E-state index in [4.69, 9.17) is 0 Å². The van der Waals surface area contributed by atoms with Gasteiger partial charge in [-0.25, -0.2) is 12.7 Å². The lowest BCUT2D eigenvalue weighted by Crippen LogP contribution is -2.33. The number of benzene rings is 1. The average Bonchev–Trinajstić information content (AvgIpc) is 3.06. The molecule has 0 radical (unpaired) electrons. The molecule has 1 aliphatic carbocycles. The van der Waals surface area contributed by atoms with Crippen LogP contribution in [0.25, 0.3) is 0 Å². The van der Waals surface area contributed by atoms with Crippen molar-refractivity contribution in [2.24, 2.45) is 5.92 Å². The van der Waals surface area contributed by atoms with Crippen LogP contribution in [0.15, 0.2) is 24.3 Å². The molecule has 0 bridgehead atoms. The van der Waals surface area contributed by atoms with Crippen molar-refractivity contribution in [1.29, 1.82) is 0 Å². The van der Waals surface area contributed by atoms with Crippen molar-refractivity contribution in [3.8, 4) is 0 Å². The summed E-state index contributed by atoms with van der Waals surface area (Å²) in [5.41, 5.74) is 0.607. The number of nitrogens with one attached hydrogen (secondary N) is 1. The first-order chi connectivity index (χ1) is 10.9. The zero-order chi connectivity index (χ0) is 16.6. The highest BCUT2D eigenvalue weighted by Crippen LogP contribution is 2.29. The summed E-state index contributed by atoms with van der Waals surface area (Å²) in [6.07, 6.45) is 4.18. The first-order valence-corrected chi connectivity index (χ1v) is 9.47. The van der Waals surface area contributed by atoms with Gasteiger partial charge < -0.3 is 5.32 Å². The van der Waals surface area contributed by atoms with Crippen molar-refractivity contribution >= 4 is 27.5 Å². The van der Waals surface area contributed by atoms with Crippen LogP contribution >= 0.6 is 0 Å². The maximum absolute atomic E-state index is 12.3. The number of rotatable bonds is 3. The summed E-state index contributed by atoms with van der Waals surface area (Å²) in [7, 11) is -3.65. The van der Waals surface area contributed by atoms with E-state index in [1.165, 1.54) is 6.07 Å². The molecule has 2 amide bonds. The fourth-order valence-corrected chi connectivity index (χ4v) is 5.01. The molecular formula is C16H20N2O4S. The van der Waals surface area contributed by atoms with E-state index in [0.29, 0.717) is 5.56 Å². The molecule has 1 N–H and O–H groups in total. The minimum Gasteiger partial charge on any atom is -0.349 e. The molecule has 2 fully saturated rings. The smallest absolute Gasteiger partial charge is 0.251 e. The van der Waals surface area contributed by atoms with E-state index < -0.39 is 21.8 Å². The quantitative estimate of drug-likeness (QED) is 0.910. The molecule has 0 aromatic heterocycles. The Kier molecular flexibility index (Phi) is 4.14. The third-order valence-electron chi connectivity index (χ3n) is 4.39. The minimum absolute atomic E-state index is 0.184. The number of hydrogen-bond donors (Lipinski definition) is 1. The Morgan fingerprint density at radius 1 is 1.26 bits per heavy atom. The summed E-state index contributed by atoms with van der Waals surface area (Å²) in [6, 6.07) is 6.43. The summed E-state index contributed by atoms with van der Waals surface area (Å²) < 4.78 is 25.1. The number of nitrogens with zero attached hydrogens (tertiary/aromatic N) is 1. The summed E-state index contributed by atoms with van der Waals surface area (Å²) >= 11 is 0. The van der Waals surface area contributed by atoms with E-state index >= 15 is 0 Å². The Morgan fingerprint density at radius 2 is 1.96 bits per heavy atom. The maximum Gasteiger partial charge on any atom is 0.251 e. The second-order valence-corrected chi connectivity index (χ2v) is 8.15. The van der Waals surface area contributed by atoms with Crippen LogP contribution < -0.4 is 9.62 Å². The van der Waals surface area contributed by atoms with E-state index in [9.17, 15) is 18.0 Å². The highest BCUT2D eigenvalue weighted by molar-refractivity contribution is 7.94. The third-order valence-corrected chi connectivity index (χ3v) is 6.26. The Hall–Kier alpha value is -1.89. The van der Waals surface area contributed by atoms with Crippen LogP contribution in [-0.4, -0.2) is 32.0 Å². The average molecular weight is 336 g/mol. The van der Waals surface area contributed by atoms with Gasteiger partial charge in [-0.1, -0.05) is 25.8 Å². The Balaban J connectivity index is 1.85. The Morgan fingerprint density at radius 3 is 2.57 bits per heavy atom. The lowest BCUT2D eigenvalue weighted by atomic mass is 10.1. The molecule has 0 unspecified atom stereocenters. The fourth-order valence-electron chi connectivity index (χ4n) is 3.20. The highest BCUT2D eigenvalue weighted by atomic mass is 32.2. The molecule has 1 heterocycles. The minimum atomic E-state index is -3.65. The lowest BCUT2D eigenvalue weighted by Gasteiger charge is -2.17. The van der Waals surface area contributed by atoms with Crippen LogP contribution in [0.3, 0.4) is 0 Å². The third kappa shape index (κ3) is 3.10. The molecule has 3 rings (SSSR count). The molecule has 0 spiro atoms. The van der Waals surface area contributed by atoms with Crippen molar-refractivity contribution in [3.63, 3.8) is 0 Å². The van der Waals surface area contributed by atoms with Gasteiger partial charge in [0.05, 0.1) is 17.4 Å². The second kappa shape index (κ2) is 5.96. The normalized spacial score (nSPS) is 24.1. The molecular weight excluding hydrogens is 316 g/mol. The van der Waals surface area contributed by atoms with Gasteiger partial charge in [0.15, 0.2) is 0 Å². The van der Waals surface area contributed by atoms with Crippen molar-refractivity contribution in [1.82, 2.24) is 5.32 Å². The van der Waals surface area contributed by atoms with Gasteiger partial charge >= 0.3 is 0 Å². The van der Waals surface area contributed by atoms with Gasteiger partial charge in [0, 0.05) is 11.6 Å². The van der Waals surface area contributed by atoms with Crippen LogP contribution in [0.5, 0.6) is 0 Å². The second-order valence-electron chi connectivity index (χ2n) is 6.29. The number of anilines is 1. The molecule has 1 aromatic carbocycles. The zero-order valence-corrected chi connectivity index (χ0v) is 13.8. The van der Waals surface area contributed by atoms with Gasteiger partial charge in [-0.2, -0.15) is 0 Å². The van der Waals surface area contributed by atoms with Crippen molar-refractivity contribution < 1.29 is 18.0 Å². The van der Waals surface area contributed by atoms with Gasteiger partial charge in [0.2, 0.25) is 15.9 Å². The fraction of sp³-hybridized carbons (Fsp3) is 0.500. The van der Waals surface area contributed by atoms with E-state index in [2.05, 4.69) is 5.32 Å². The monoisotopic (exact) mass is 336 g/mol. The van der Waals surface area contributed by atoms with Gasteiger partial charge in [-0.15, -0.1) is 0 Å². The lowest BCUT2D eigenvalue weighted by molar-refractivity contribution is -0.119. The van der Waals surface area contributed by atoms with Crippen LogP contribution in [0.2, 0.25) is 0 Å². The van der Waals surface area contributed by atoms with Crippen LogP contribution in [0, 0.1) is 5.92 Å². The van der Waals surface area contributed by atoms with Crippen molar-refractivity contribution in [2.75, 3.05) is 10.1 Å². The molecule has 2 aliphatic rings. The zero-order valence-electron chi connectivity index (χ0n) is 13.0. The summed E-state index contributed by atoms with van der Waals surface area (Å²) in [6.45, 7) is 1.59. The SMILES string of the molecule is C[C@@H]1CS(=O)(=O)N(c2cccc(C(=O)NC3CCCC3)c2)C1=O. The Bertz CT molecular complexity index is 738. The van der Waals surface area contributed by atoms with Gasteiger partial charge in [0.1, 0.15) is 0 Å². The first kappa shape index (κ1) is 16.0. The molecule has 7 heteroatoms. The maximum atomic E-state index is 12.3. The molecule has 1 saturated carbocycles. The number of carbonyl (C=O) groups excluding carboxylic acids is 2. The number of sulfonamides is 1. The van der Waals surface area contributed by atoms with E-state index in [-0.39, 0.29) is 23.4 Å². The molecule has 6 nitrogen and oxygen atoms in total. The standard InChI is InChI=1S/C16H20N2O4S/c1-11-10-23(21,22)18(16(11)20)14-8-4-5-12(9-14)15(19)17-13-6-2-3-7-13/h4-5,8-9,11,13H,2-3,6-7,10H2,1H3,(H,17,19)/t11-/m1/s1. The van der Waals surface area contributed by atoms with Gasteiger partial charge in [-0.05, 0) is 31.0 Å². The van der Waals surface area contributed by atoms with Gasteiger partial charge in [0.25, 0.3) is 5.91 Å². The largest absolute Gasteiger partial charge is 0.349 e. The predicted molar refractivity (Wildman–Crippen MR) is 86.6 cm³/mol. The topological polar surface area (TPSA) is 83.6 Å². The van der Waals surface area contributed by atoms with Crippen LogP contribution in [0.1, 0.15) is 43.0 Å².